The van der Waals surface area contributed by atoms with E-state index in [4.69, 9.17) is 15.6 Å². The minimum atomic E-state index is -1.33. The van der Waals surface area contributed by atoms with Gasteiger partial charge < -0.3 is 20.9 Å². The number of amides is 1. The van der Waals surface area contributed by atoms with Gasteiger partial charge >= 0.3 is 5.97 Å². The van der Waals surface area contributed by atoms with Crippen LogP contribution < -0.4 is 15.8 Å². The van der Waals surface area contributed by atoms with Crippen molar-refractivity contribution in [1.29, 1.82) is 0 Å². The lowest BCUT2D eigenvalue weighted by atomic mass is 9.96. The Balaban J connectivity index is 1.98. The van der Waals surface area contributed by atoms with Gasteiger partial charge in [-0.2, -0.15) is 0 Å². The van der Waals surface area contributed by atoms with Crippen molar-refractivity contribution < 1.29 is 24.2 Å². The second kappa shape index (κ2) is 6.04. The van der Waals surface area contributed by atoms with Crippen molar-refractivity contribution >= 4 is 29.4 Å². The molecule has 0 spiro atoms. The van der Waals surface area contributed by atoms with Gasteiger partial charge in [0.25, 0.3) is 5.91 Å². The number of hydrogen-bond donors (Lipinski definition) is 3. The van der Waals surface area contributed by atoms with E-state index < -0.39 is 23.2 Å². The first kappa shape index (κ1) is 16.1. The number of ether oxygens (including phenoxy) is 1. The first-order valence-corrected chi connectivity index (χ1v) is 7.92. The molecule has 3 rings (SSSR count). The average molecular weight is 346 g/mol. The molecule has 0 fully saturated rings. The van der Waals surface area contributed by atoms with Crippen molar-refractivity contribution in [3.05, 3.63) is 52.1 Å². The Labute approximate surface area is 141 Å². The van der Waals surface area contributed by atoms with E-state index in [0.29, 0.717) is 11.3 Å². The van der Waals surface area contributed by atoms with Crippen molar-refractivity contribution in [2.75, 3.05) is 7.11 Å². The molecule has 2 atom stereocenters. The van der Waals surface area contributed by atoms with E-state index in [0.717, 1.165) is 11.8 Å². The maximum Gasteiger partial charge on any atom is 0.341 e. The smallest absolute Gasteiger partial charge is 0.341 e. The Morgan fingerprint density at radius 1 is 1.33 bits per heavy atom. The quantitative estimate of drug-likeness (QED) is 0.547. The number of aliphatic carboxylic acids is 1. The third kappa shape index (κ3) is 2.54. The number of benzene rings is 1. The van der Waals surface area contributed by atoms with E-state index in [-0.39, 0.29) is 22.0 Å². The van der Waals surface area contributed by atoms with Gasteiger partial charge in [0.2, 0.25) is 5.78 Å². The van der Waals surface area contributed by atoms with E-state index in [1.165, 1.54) is 13.2 Å². The summed E-state index contributed by atoms with van der Waals surface area (Å²) in [5.74, 6) is -2.44. The van der Waals surface area contributed by atoms with Crippen LogP contribution in [0.3, 0.4) is 0 Å². The summed E-state index contributed by atoms with van der Waals surface area (Å²) in [7, 11) is 1.47. The second-order valence-electron chi connectivity index (χ2n) is 5.24. The number of carboxylic acids is 1. The summed E-state index contributed by atoms with van der Waals surface area (Å²) in [6.07, 6.45) is 1.30. The molecule has 2 aliphatic rings. The molecule has 124 valence electrons. The molecule has 24 heavy (non-hydrogen) atoms. The Hall–Kier alpha value is -2.74. The maximum atomic E-state index is 12.8. The molecule has 1 amide bonds. The van der Waals surface area contributed by atoms with Crippen LogP contribution in [-0.2, 0) is 9.59 Å². The van der Waals surface area contributed by atoms with Crippen LogP contribution in [-0.4, -0.2) is 35.2 Å². The third-order valence-corrected chi connectivity index (χ3v) is 5.17. The highest BCUT2D eigenvalue weighted by Crippen LogP contribution is 2.43. The van der Waals surface area contributed by atoms with Crippen LogP contribution in [0.2, 0.25) is 0 Å². The zero-order chi connectivity index (χ0) is 17.4. The lowest BCUT2D eigenvalue weighted by Crippen LogP contribution is -2.43. The molecule has 0 radical (unpaired) electrons. The van der Waals surface area contributed by atoms with E-state index >= 15 is 0 Å². The Morgan fingerprint density at radius 3 is 2.71 bits per heavy atom. The topological polar surface area (TPSA) is 119 Å². The molecule has 0 aliphatic carbocycles. The number of rotatable bonds is 4. The number of fused-ring (bicyclic) bond motifs is 1. The Morgan fingerprint density at radius 2 is 2.04 bits per heavy atom. The number of para-hydroxylation sites is 1. The molecular formula is C16H14N2O5S. The van der Waals surface area contributed by atoms with Crippen LogP contribution in [0.25, 0.3) is 0 Å². The first-order valence-electron chi connectivity index (χ1n) is 7.04. The Bertz CT molecular complexity index is 814. The van der Waals surface area contributed by atoms with Crippen LogP contribution in [0.5, 0.6) is 5.75 Å². The highest BCUT2D eigenvalue weighted by molar-refractivity contribution is 8.04. The normalized spacial score (nSPS) is 22.5. The monoisotopic (exact) mass is 346 g/mol. The van der Waals surface area contributed by atoms with Crippen molar-refractivity contribution in [3.63, 3.8) is 0 Å². The molecule has 7 nitrogen and oxygen atoms in total. The van der Waals surface area contributed by atoms with Gasteiger partial charge in [-0.05, 0) is 12.1 Å². The molecule has 1 aromatic rings. The summed E-state index contributed by atoms with van der Waals surface area (Å²) in [5.41, 5.74) is 6.32. The van der Waals surface area contributed by atoms with Gasteiger partial charge in [0.05, 0.1) is 23.0 Å². The van der Waals surface area contributed by atoms with Crippen molar-refractivity contribution in [2.24, 2.45) is 11.7 Å². The summed E-state index contributed by atoms with van der Waals surface area (Å²) in [6.45, 7) is 0. The van der Waals surface area contributed by atoms with Crippen molar-refractivity contribution in [2.45, 2.75) is 5.37 Å². The van der Waals surface area contributed by atoms with Gasteiger partial charge in [-0.1, -0.05) is 30.0 Å². The third-order valence-electron chi connectivity index (χ3n) is 3.84. The van der Waals surface area contributed by atoms with Crippen molar-refractivity contribution in [1.82, 2.24) is 5.32 Å². The molecule has 0 bridgehead atoms. The van der Waals surface area contributed by atoms with Crippen molar-refractivity contribution in [3.8, 4) is 5.75 Å². The SMILES string of the molecule is COc1ccccc1C(=O)C1=C(N)C2C=C(C(=O)O)C(=O)NC2S1. The number of nitrogens with one attached hydrogen (secondary N) is 1. The van der Waals surface area contributed by atoms with Crippen LogP contribution in [0.1, 0.15) is 10.4 Å². The number of hydrogen-bond acceptors (Lipinski definition) is 6. The predicted molar refractivity (Wildman–Crippen MR) is 87.3 cm³/mol. The minimum absolute atomic E-state index is 0.250. The average Bonchev–Trinajstić information content (AvgIpc) is 2.89. The second-order valence-corrected chi connectivity index (χ2v) is 6.39. The molecule has 8 heteroatoms. The van der Waals surface area contributed by atoms with Gasteiger partial charge in [0.1, 0.15) is 11.3 Å². The van der Waals surface area contributed by atoms with Gasteiger partial charge in [0, 0.05) is 11.6 Å². The largest absolute Gasteiger partial charge is 0.496 e. The first-order chi connectivity index (χ1) is 11.4. The fourth-order valence-electron chi connectivity index (χ4n) is 2.65. The van der Waals surface area contributed by atoms with E-state index in [9.17, 15) is 14.4 Å². The number of nitrogens with two attached hydrogens (primary N) is 1. The van der Waals surface area contributed by atoms with Gasteiger partial charge in [0.15, 0.2) is 0 Å². The summed E-state index contributed by atoms with van der Waals surface area (Å²) >= 11 is 1.12. The number of ketones is 1. The van der Waals surface area contributed by atoms with Crippen LogP contribution in [0, 0.1) is 5.92 Å². The summed E-state index contributed by atoms with van der Waals surface area (Å²) < 4.78 is 5.19. The zero-order valence-corrected chi connectivity index (χ0v) is 13.4. The number of carbonyl (C=O) groups excluding carboxylic acids is 2. The molecular weight excluding hydrogens is 332 g/mol. The standard InChI is InChI=1S/C16H14N2O5S/c1-23-10-5-3-2-4-7(10)12(19)13-11(17)8-6-9(16(21)22)14(20)18-15(8)24-13/h2-6,8,15H,17H2,1H3,(H,18,20)(H,21,22). The fourth-order valence-corrected chi connectivity index (χ4v) is 3.93. The zero-order valence-electron chi connectivity index (χ0n) is 12.6. The number of thioether (sulfide) groups is 1. The summed E-state index contributed by atoms with van der Waals surface area (Å²) in [6, 6.07) is 6.75. The number of carboxylic acid groups (broad SMARTS) is 1. The van der Waals surface area contributed by atoms with E-state index in [1.54, 1.807) is 24.3 Å². The molecule has 0 saturated carbocycles. The van der Waals surface area contributed by atoms with Gasteiger partial charge in [-0.15, -0.1) is 0 Å². The Kier molecular flexibility index (Phi) is 4.06. The lowest BCUT2D eigenvalue weighted by molar-refractivity contribution is -0.135. The molecule has 2 unspecified atom stereocenters. The molecule has 4 N–H and O–H groups in total. The fraction of sp³-hybridized carbons (Fsp3) is 0.188. The molecule has 2 heterocycles. The maximum absolute atomic E-state index is 12.8. The molecule has 0 saturated heterocycles. The van der Waals surface area contributed by atoms with E-state index in [1.807, 2.05) is 0 Å². The van der Waals surface area contributed by atoms with Gasteiger partial charge in [-0.3, -0.25) is 9.59 Å². The number of methoxy groups -OCH3 is 1. The van der Waals surface area contributed by atoms with Crippen LogP contribution in [0.4, 0.5) is 0 Å². The molecule has 0 aromatic heterocycles. The molecule has 2 aliphatic heterocycles. The highest BCUT2D eigenvalue weighted by atomic mass is 32.2. The molecule has 1 aromatic carbocycles. The van der Waals surface area contributed by atoms with Gasteiger partial charge in [-0.25, -0.2) is 4.79 Å². The predicted octanol–water partition coefficient (Wildman–Crippen LogP) is 0.878. The number of carbonyl (C=O) groups is 3. The number of allylic oxidation sites excluding steroid dienone is 1. The lowest BCUT2D eigenvalue weighted by Gasteiger charge is -2.23. The van der Waals surface area contributed by atoms with Crippen LogP contribution in [0.15, 0.2) is 46.5 Å². The summed E-state index contributed by atoms with van der Waals surface area (Å²) in [5, 5.41) is 11.1. The highest BCUT2D eigenvalue weighted by Gasteiger charge is 2.42. The minimum Gasteiger partial charge on any atom is -0.496 e. The van der Waals surface area contributed by atoms with E-state index in [2.05, 4.69) is 5.32 Å². The number of Topliss-reactive ketones (excluding diaryl/α,β-unsaturated/α-hetero) is 1. The van der Waals surface area contributed by atoms with Crippen LogP contribution >= 0.6 is 11.8 Å². The summed E-state index contributed by atoms with van der Waals surface area (Å²) in [4.78, 5) is 36.0.